The van der Waals surface area contributed by atoms with E-state index in [9.17, 15) is 19.8 Å². The summed E-state index contributed by atoms with van der Waals surface area (Å²) in [5, 5.41) is 22.0. The lowest BCUT2D eigenvalue weighted by Crippen LogP contribution is -2.63. The number of carbonyl (C=O) groups excluding carboxylic acids is 2. The molecule has 5 heteroatoms. The molecule has 0 amide bonds. The zero-order valence-electron chi connectivity index (χ0n) is 20.7. The molecule has 32 heavy (non-hydrogen) atoms. The molecule has 0 heterocycles. The first-order valence-electron chi connectivity index (χ1n) is 13.1. The Balaban J connectivity index is 1.64. The van der Waals surface area contributed by atoms with E-state index >= 15 is 0 Å². The number of methoxy groups -OCH3 is 1. The van der Waals surface area contributed by atoms with Crippen LogP contribution < -0.4 is 0 Å². The number of Topliss-reactive ketones (excluding diaryl/α,β-unsaturated/α-hetero) is 1. The quantitative estimate of drug-likeness (QED) is 0.610. The van der Waals surface area contributed by atoms with Gasteiger partial charge in [-0.2, -0.15) is 0 Å². The van der Waals surface area contributed by atoms with Crippen LogP contribution in [-0.2, 0) is 14.3 Å². The van der Waals surface area contributed by atoms with Crippen LogP contribution in [0.3, 0.4) is 0 Å². The van der Waals surface area contributed by atoms with Gasteiger partial charge in [0.1, 0.15) is 5.78 Å². The van der Waals surface area contributed by atoms with Crippen molar-refractivity contribution in [2.24, 2.45) is 52.3 Å². The number of aliphatic hydroxyl groups excluding tert-OH is 2. The van der Waals surface area contributed by atoms with Crippen molar-refractivity contribution in [1.82, 2.24) is 0 Å². The molecule has 182 valence electrons. The van der Waals surface area contributed by atoms with Crippen LogP contribution in [0.4, 0.5) is 0 Å². The lowest BCUT2D eigenvalue weighted by atomic mass is 9.41. The Bertz CT molecular complexity index is 736. The van der Waals surface area contributed by atoms with Gasteiger partial charge in [0.05, 0.1) is 19.3 Å². The number of esters is 1. The van der Waals surface area contributed by atoms with Gasteiger partial charge in [0, 0.05) is 23.7 Å². The van der Waals surface area contributed by atoms with Gasteiger partial charge < -0.3 is 14.9 Å². The molecule has 5 nitrogen and oxygen atoms in total. The largest absolute Gasteiger partial charge is 0.469 e. The van der Waals surface area contributed by atoms with Crippen LogP contribution in [0.25, 0.3) is 0 Å². The molecule has 4 fully saturated rings. The van der Waals surface area contributed by atoms with Gasteiger partial charge in [-0.3, -0.25) is 9.59 Å². The number of hydrogen-bond donors (Lipinski definition) is 2. The van der Waals surface area contributed by atoms with Crippen molar-refractivity contribution in [2.75, 3.05) is 7.11 Å². The normalized spacial score (nSPS) is 49.0. The molecule has 11 atom stereocenters. The summed E-state index contributed by atoms with van der Waals surface area (Å²) in [5.74, 6) is 1.60. The highest BCUT2D eigenvalue weighted by Crippen LogP contribution is 2.68. The van der Waals surface area contributed by atoms with E-state index in [1.165, 1.54) is 7.11 Å². The summed E-state index contributed by atoms with van der Waals surface area (Å²) in [4.78, 5) is 25.7. The van der Waals surface area contributed by atoms with E-state index in [4.69, 9.17) is 4.74 Å². The number of ketones is 1. The number of hydrogen-bond acceptors (Lipinski definition) is 5. The van der Waals surface area contributed by atoms with Gasteiger partial charge in [0.15, 0.2) is 0 Å². The van der Waals surface area contributed by atoms with E-state index in [1.807, 2.05) is 0 Å². The molecule has 0 aliphatic heterocycles. The molecule has 2 N–H and O–H groups in total. The zero-order chi connectivity index (χ0) is 23.4. The minimum Gasteiger partial charge on any atom is -0.469 e. The Kier molecular flexibility index (Phi) is 6.57. The van der Waals surface area contributed by atoms with Crippen molar-refractivity contribution in [1.29, 1.82) is 0 Å². The van der Waals surface area contributed by atoms with Crippen molar-refractivity contribution < 1.29 is 24.5 Å². The third kappa shape index (κ3) is 3.48. The van der Waals surface area contributed by atoms with Crippen molar-refractivity contribution >= 4 is 11.8 Å². The standard InChI is InChI=1S/C27H44O5/c1-6-17-20-13-16(28)11-12-26(20,3)21-14-22(29)27(4)18(15(2)7-10-23(30)32-5)8-9-19(27)24(21)25(17)31/h15-22,24,28-29H,6-14H2,1-5H3/t15?,16-,17-,18-,19+,20+,21+,22+,24+,26+,27-/m1/s1. The first-order valence-corrected chi connectivity index (χ1v) is 13.1. The Hall–Kier alpha value is -0.940. The fourth-order valence-corrected chi connectivity index (χ4v) is 9.22. The molecule has 4 aliphatic carbocycles. The SMILES string of the molecule is CC[C@H]1C(=O)[C@@H]2[C@H](C[C@H](O)[C@]3(C)[C@@H](C(C)CCC(=O)OC)CC[C@@H]23)[C@@]2(C)CC[C@@H](O)C[C@@H]12. The van der Waals surface area contributed by atoms with Gasteiger partial charge in [0.2, 0.25) is 0 Å². The summed E-state index contributed by atoms with van der Waals surface area (Å²) in [7, 11) is 1.43. The highest BCUT2D eigenvalue weighted by Gasteiger charge is 2.67. The summed E-state index contributed by atoms with van der Waals surface area (Å²) < 4.78 is 4.84. The van der Waals surface area contributed by atoms with Crippen LogP contribution in [0.1, 0.15) is 85.5 Å². The Morgan fingerprint density at radius 3 is 2.50 bits per heavy atom. The molecular formula is C27H44O5. The fraction of sp³-hybridized carbons (Fsp3) is 0.926. The van der Waals surface area contributed by atoms with Gasteiger partial charge in [-0.15, -0.1) is 0 Å². The number of rotatable bonds is 5. The molecule has 0 saturated heterocycles. The maximum absolute atomic E-state index is 14.0. The Morgan fingerprint density at radius 2 is 1.84 bits per heavy atom. The van der Waals surface area contributed by atoms with Gasteiger partial charge in [-0.1, -0.05) is 27.7 Å². The summed E-state index contributed by atoms with van der Waals surface area (Å²) >= 11 is 0. The Morgan fingerprint density at radius 1 is 1.12 bits per heavy atom. The average Bonchev–Trinajstić information content (AvgIpc) is 3.12. The van der Waals surface area contributed by atoms with Gasteiger partial charge in [-0.25, -0.2) is 0 Å². The molecular weight excluding hydrogens is 404 g/mol. The topological polar surface area (TPSA) is 83.8 Å². The van der Waals surface area contributed by atoms with Crippen LogP contribution >= 0.6 is 0 Å². The van der Waals surface area contributed by atoms with Gasteiger partial charge in [0.25, 0.3) is 0 Å². The highest BCUT2D eigenvalue weighted by molar-refractivity contribution is 5.86. The molecule has 0 radical (unpaired) electrons. The third-order valence-electron chi connectivity index (χ3n) is 11.0. The summed E-state index contributed by atoms with van der Waals surface area (Å²) in [6, 6.07) is 0. The van der Waals surface area contributed by atoms with E-state index < -0.39 is 6.10 Å². The fourth-order valence-electron chi connectivity index (χ4n) is 9.22. The summed E-state index contributed by atoms with van der Waals surface area (Å²) in [5.41, 5.74) is -0.253. The van der Waals surface area contributed by atoms with Gasteiger partial charge in [-0.05, 0) is 86.4 Å². The van der Waals surface area contributed by atoms with Crippen molar-refractivity contribution in [3.05, 3.63) is 0 Å². The first kappa shape index (κ1) is 24.2. The predicted octanol–water partition coefficient (Wildman–Crippen LogP) is 4.38. The second-order valence-corrected chi connectivity index (χ2v) is 12.1. The number of aliphatic hydroxyl groups is 2. The molecule has 0 aromatic heterocycles. The molecule has 1 unspecified atom stereocenters. The lowest BCUT2D eigenvalue weighted by molar-refractivity contribution is -0.192. The van der Waals surface area contributed by atoms with Crippen molar-refractivity contribution in [2.45, 2.75) is 97.7 Å². The van der Waals surface area contributed by atoms with E-state index in [0.29, 0.717) is 30.5 Å². The van der Waals surface area contributed by atoms with Crippen LogP contribution in [0.15, 0.2) is 0 Å². The minimum absolute atomic E-state index is 0.0232. The van der Waals surface area contributed by atoms with Crippen LogP contribution in [-0.4, -0.2) is 41.3 Å². The second-order valence-electron chi connectivity index (χ2n) is 12.1. The smallest absolute Gasteiger partial charge is 0.305 e. The number of ether oxygens (including phenoxy) is 1. The van der Waals surface area contributed by atoms with Crippen molar-refractivity contribution in [3.63, 3.8) is 0 Å². The van der Waals surface area contributed by atoms with Gasteiger partial charge >= 0.3 is 5.97 Å². The molecule has 4 aliphatic rings. The first-order chi connectivity index (χ1) is 15.1. The molecule has 0 spiro atoms. The molecule has 0 bridgehead atoms. The molecule has 4 saturated carbocycles. The van der Waals surface area contributed by atoms with E-state index in [-0.39, 0.29) is 52.5 Å². The highest BCUT2D eigenvalue weighted by atomic mass is 16.5. The minimum atomic E-state index is -0.419. The van der Waals surface area contributed by atoms with Crippen LogP contribution in [0.5, 0.6) is 0 Å². The Labute approximate surface area is 193 Å². The summed E-state index contributed by atoms with van der Waals surface area (Å²) in [6.07, 6.45) is 6.53. The molecule has 4 rings (SSSR count). The lowest BCUT2D eigenvalue weighted by Gasteiger charge is -2.63. The number of fused-ring (bicyclic) bond motifs is 5. The summed E-state index contributed by atoms with van der Waals surface area (Å²) in [6.45, 7) is 8.93. The van der Waals surface area contributed by atoms with E-state index in [2.05, 4.69) is 27.7 Å². The van der Waals surface area contributed by atoms with Crippen LogP contribution in [0.2, 0.25) is 0 Å². The number of carbonyl (C=O) groups is 2. The maximum Gasteiger partial charge on any atom is 0.305 e. The second kappa shape index (κ2) is 8.69. The maximum atomic E-state index is 14.0. The van der Waals surface area contributed by atoms with Crippen molar-refractivity contribution in [3.8, 4) is 0 Å². The molecule has 0 aromatic rings. The van der Waals surface area contributed by atoms with E-state index in [0.717, 1.165) is 44.9 Å². The third-order valence-corrected chi connectivity index (χ3v) is 11.0. The van der Waals surface area contributed by atoms with Crippen LogP contribution in [0, 0.1) is 52.3 Å². The predicted molar refractivity (Wildman–Crippen MR) is 123 cm³/mol. The zero-order valence-corrected chi connectivity index (χ0v) is 20.7. The van der Waals surface area contributed by atoms with E-state index in [1.54, 1.807) is 0 Å². The molecule has 0 aromatic carbocycles. The monoisotopic (exact) mass is 448 g/mol. The average molecular weight is 449 g/mol.